The van der Waals surface area contributed by atoms with Crippen LogP contribution < -0.4 is 4.74 Å². The first-order chi connectivity index (χ1) is 9.47. The molecule has 0 aliphatic heterocycles. The average molecular weight is 271 g/mol. The normalized spacial score (nSPS) is 10.1. The highest BCUT2D eigenvalue weighted by Gasteiger charge is 2.18. The maximum atomic E-state index is 11.3. The van der Waals surface area contributed by atoms with Crippen molar-refractivity contribution >= 4 is 11.5 Å². The topological polar surface area (TPSA) is 69.4 Å². The van der Waals surface area contributed by atoms with Crippen LogP contribution in [0.3, 0.4) is 0 Å². The Morgan fingerprint density at radius 3 is 2.45 bits per heavy atom. The molecule has 0 bridgehead atoms. The van der Waals surface area contributed by atoms with Crippen molar-refractivity contribution < 1.29 is 14.5 Å². The second-order valence-electron chi connectivity index (χ2n) is 4.41. The Bertz CT molecular complexity index is 679. The molecule has 0 fully saturated rings. The molecular formula is C15H13NO4. The van der Waals surface area contributed by atoms with Gasteiger partial charge in [-0.3, -0.25) is 14.9 Å². The number of nitrogens with zero attached hydrogens (tertiary/aromatic N) is 1. The lowest BCUT2D eigenvalue weighted by Crippen LogP contribution is -2.00. The third-order valence-corrected chi connectivity index (χ3v) is 2.77. The molecule has 0 aliphatic carbocycles. The number of carbonyl (C=O) groups is 1. The number of nitro benzene ring substituents is 1. The lowest BCUT2D eigenvalue weighted by atomic mass is 10.1. The highest BCUT2D eigenvalue weighted by atomic mass is 16.6. The van der Waals surface area contributed by atoms with E-state index in [2.05, 4.69) is 0 Å². The number of aryl methyl sites for hydroxylation is 1. The van der Waals surface area contributed by atoms with Gasteiger partial charge in [-0.15, -0.1) is 0 Å². The molecule has 2 aromatic rings. The fourth-order valence-electron chi connectivity index (χ4n) is 1.84. The predicted octanol–water partition coefficient (Wildman–Crippen LogP) is 3.90. The van der Waals surface area contributed by atoms with E-state index in [0.717, 1.165) is 5.56 Å². The largest absolute Gasteiger partial charge is 0.457 e. The van der Waals surface area contributed by atoms with Crippen molar-refractivity contribution in [1.29, 1.82) is 0 Å². The quantitative estimate of drug-likeness (QED) is 0.480. The van der Waals surface area contributed by atoms with Crippen LogP contribution in [-0.4, -0.2) is 10.7 Å². The molecule has 20 heavy (non-hydrogen) atoms. The Kier molecular flexibility index (Phi) is 3.79. The standard InChI is InChI=1S/C15H13NO4/c1-10-4-3-5-12(8-10)20-13-6-7-14(11(2)17)15(9-13)16(18)19/h3-9H,1-2H3. The highest BCUT2D eigenvalue weighted by molar-refractivity contribution is 5.98. The Balaban J connectivity index is 2.36. The van der Waals surface area contributed by atoms with Gasteiger partial charge in [-0.1, -0.05) is 12.1 Å². The van der Waals surface area contributed by atoms with Gasteiger partial charge in [0.05, 0.1) is 16.6 Å². The van der Waals surface area contributed by atoms with E-state index in [9.17, 15) is 14.9 Å². The molecule has 0 spiro atoms. The first kappa shape index (κ1) is 13.7. The van der Waals surface area contributed by atoms with Gasteiger partial charge in [-0.2, -0.15) is 0 Å². The molecule has 2 rings (SSSR count). The maximum absolute atomic E-state index is 11.3. The van der Waals surface area contributed by atoms with Crippen molar-refractivity contribution in [3.63, 3.8) is 0 Å². The van der Waals surface area contributed by atoms with Crippen molar-refractivity contribution in [1.82, 2.24) is 0 Å². The summed E-state index contributed by atoms with van der Waals surface area (Å²) in [7, 11) is 0. The van der Waals surface area contributed by atoms with Crippen molar-refractivity contribution in [2.45, 2.75) is 13.8 Å². The Hall–Kier alpha value is -2.69. The summed E-state index contributed by atoms with van der Waals surface area (Å²) in [6, 6.07) is 11.6. The predicted molar refractivity (Wildman–Crippen MR) is 74.4 cm³/mol. The van der Waals surface area contributed by atoms with E-state index in [-0.39, 0.29) is 17.0 Å². The summed E-state index contributed by atoms with van der Waals surface area (Å²) in [4.78, 5) is 21.7. The Morgan fingerprint density at radius 2 is 1.85 bits per heavy atom. The van der Waals surface area contributed by atoms with Crippen LogP contribution in [0.1, 0.15) is 22.8 Å². The second-order valence-corrected chi connectivity index (χ2v) is 4.41. The van der Waals surface area contributed by atoms with Gasteiger partial charge in [-0.25, -0.2) is 0 Å². The van der Waals surface area contributed by atoms with Gasteiger partial charge in [0.15, 0.2) is 5.78 Å². The molecule has 0 saturated heterocycles. The monoisotopic (exact) mass is 271 g/mol. The molecular weight excluding hydrogens is 258 g/mol. The van der Waals surface area contributed by atoms with Crippen LogP contribution in [0.25, 0.3) is 0 Å². The molecule has 0 saturated carbocycles. The molecule has 0 radical (unpaired) electrons. The number of hydrogen-bond donors (Lipinski definition) is 0. The van der Waals surface area contributed by atoms with Gasteiger partial charge in [0, 0.05) is 0 Å². The summed E-state index contributed by atoms with van der Waals surface area (Å²) < 4.78 is 5.57. The lowest BCUT2D eigenvalue weighted by molar-refractivity contribution is -0.385. The summed E-state index contributed by atoms with van der Waals surface area (Å²) in [6.45, 7) is 3.22. The molecule has 5 heteroatoms. The number of nitro groups is 1. The van der Waals surface area contributed by atoms with Crippen molar-refractivity contribution in [3.8, 4) is 11.5 Å². The number of hydrogen-bond acceptors (Lipinski definition) is 4. The minimum Gasteiger partial charge on any atom is -0.457 e. The van der Waals surface area contributed by atoms with Crippen LogP contribution in [0.5, 0.6) is 11.5 Å². The summed E-state index contributed by atoms with van der Waals surface area (Å²) in [6.07, 6.45) is 0. The van der Waals surface area contributed by atoms with E-state index in [1.165, 1.54) is 19.1 Å². The number of carbonyl (C=O) groups excluding carboxylic acids is 1. The van der Waals surface area contributed by atoms with E-state index in [1.54, 1.807) is 12.1 Å². The number of Topliss-reactive ketones (excluding diaryl/α,β-unsaturated/α-hetero) is 1. The molecule has 0 atom stereocenters. The van der Waals surface area contributed by atoms with E-state index in [1.807, 2.05) is 25.1 Å². The van der Waals surface area contributed by atoms with Crippen LogP contribution in [0, 0.1) is 17.0 Å². The fourth-order valence-corrected chi connectivity index (χ4v) is 1.84. The molecule has 102 valence electrons. The first-order valence-electron chi connectivity index (χ1n) is 6.01. The Labute approximate surface area is 116 Å². The fraction of sp³-hybridized carbons (Fsp3) is 0.133. The number of ether oxygens (including phenoxy) is 1. The van der Waals surface area contributed by atoms with Gasteiger partial charge in [0.1, 0.15) is 11.5 Å². The third kappa shape index (κ3) is 3.00. The van der Waals surface area contributed by atoms with Crippen molar-refractivity contribution in [3.05, 3.63) is 63.7 Å². The zero-order chi connectivity index (χ0) is 14.7. The van der Waals surface area contributed by atoms with E-state index < -0.39 is 4.92 Å². The highest BCUT2D eigenvalue weighted by Crippen LogP contribution is 2.28. The van der Waals surface area contributed by atoms with E-state index in [4.69, 9.17) is 4.74 Å². The number of benzene rings is 2. The van der Waals surface area contributed by atoms with Crippen LogP contribution in [-0.2, 0) is 0 Å². The second kappa shape index (κ2) is 5.52. The molecule has 5 nitrogen and oxygen atoms in total. The Morgan fingerprint density at radius 1 is 1.15 bits per heavy atom. The maximum Gasteiger partial charge on any atom is 0.283 e. The van der Waals surface area contributed by atoms with Gasteiger partial charge in [-0.05, 0) is 43.7 Å². The SMILES string of the molecule is CC(=O)c1ccc(Oc2cccc(C)c2)cc1[N+](=O)[O-]. The number of rotatable bonds is 4. The van der Waals surface area contributed by atoms with E-state index >= 15 is 0 Å². The summed E-state index contributed by atoms with van der Waals surface area (Å²) >= 11 is 0. The van der Waals surface area contributed by atoms with Gasteiger partial charge < -0.3 is 4.74 Å². The van der Waals surface area contributed by atoms with Crippen LogP contribution in [0.4, 0.5) is 5.69 Å². The van der Waals surface area contributed by atoms with Gasteiger partial charge in [0.2, 0.25) is 0 Å². The van der Waals surface area contributed by atoms with Crippen LogP contribution in [0.15, 0.2) is 42.5 Å². The molecule has 0 heterocycles. The van der Waals surface area contributed by atoms with E-state index in [0.29, 0.717) is 11.5 Å². The van der Waals surface area contributed by atoms with Gasteiger partial charge >= 0.3 is 0 Å². The van der Waals surface area contributed by atoms with Crippen LogP contribution in [0.2, 0.25) is 0 Å². The number of ketones is 1. The van der Waals surface area contributed by atoms with Gasteiger partial charge in [0.25, 0.3) is 5.69 Å². The average Bonchev–Trinajstić information content (AvgIpc) is 2.38. The molecule has 0 aliphatic rings. The lowest BCUT2D eigenvalue weighted by Gasteiger charge is -2.07. The zero-order valence-electron chi connectivity index (χ0n) is 11.1. The summed E-state index contributed by atoms with van der Waals surface area (Å²) in [5, 5.41) is 11.0. The zero-order valence-corrected chi connectivity index (χ0v) is 11.1. The molecule has 0 amide bonds. The summed E-state index contributed by atoms with van der Waals surface area (Å²) in [5.41, 5.74) is 0.853. The molecule has 0 aromatic heterocycles. The van der Waals surface area contributed by atoms with Crippen molar-refractivity contribution in [2.75, 3.05) is 0 Å². The molecule has 2 aromatic carbocycles. The molecule has 0 unspecified atom stereocenters. The first-order valence-corrected chi connectivity index (χ1v) is 6.01. The molecule has 0 N–H and O–H groups in total. The summed E-state index contributed by atoms with van der Waals surface area (Å²) in [5.74, 6) is 0.570. The van der Waals surface area contributed by atoms with Crippen LogP contribution >= 0.6 is 0 Å². The third-order valence-electron chi connectivity index (χ3n) is 2.77. The minimum atomic E-state index is -0.583. The smallest absolute Gasteiger partial charge is 0.283 e. The van der Waals surface area contributed by atoms with Crippen molar-refractivity contribution in [2.24, 2.45) is 0 Å². The minimum absolute atomic E-state index is 0.0755.